The van der Waals surface area contributed by atoms with Crippen LogP contribution in [0.5, 0.6) is 0 Å². The van der Waals surface area contributed by atoms with Gasteiger partial charge in [0.15, 0.2) is 0 Å². The van der Waals surface area contributed by atoms with Gasteiger partial charge in [0, 0.05) is 12.2 Å². The number of nitrogens with zero attached hydrogens (tertiary/aromatic N) is 2. The predicted molar refractivity (Wildman–Crippen MR) is 67.8 cm³/mol. The van der Waals surface area contributed by atoms with Crippen molar-refractivity contribution >= 4 is 10.9 Å². The number of aromatic nitrogens is 1. The Bertz CT molecular complexity index is 525. The van der Waals surface area contributed by atoms with Gasteiger partial charge in [-0.3, -0.25) is 0 Å². The van der Waals surface area contributed by atoms with E-state index in [-0.39, 0.29) is 0 Å². The molecule has 0 amide bonds. The van der Waals surface area contributed by atoms with Crippen LogP contribution >= 0.6 is 0 Å². The highest BCUT2D eigenvalue weighted by Crippen LogP contribution is 2.41. The average Bonchev–Trinajstić information content (AvgIpc) is 2.93. The van der Waals surface area contributed by atoms with Crippen LogP contribution in [0.1, 0.15) is 18.0 Å². The highest BCUT2D eigenvalue weighted by atomic mass is 15.2. The van der Waals surface area contributed by atoms with Crippen molar-refractivity contribution in [3.8, 4) is 0 Å². The fourth-order valence-corrected chi connectivity index (χ4v) is 2.70. The maximum atomic E-state index is 2.45. The minimum absolute atomic E-state index is 0.675. The van der Waals surface area contributed by atoms with E-state index in [0.717, 1.165) is 6.04 Å². The number of rotatable bonds is 2. The molecule has 1 aromatic carbocycles. The van der Waals surface area contributed by atoms with Gasteiger partial charge >= 0.3 is 0 Å². The summed E-state index contributed by atoms with van der Waals surface area (Å²) in [6.45, 7) is 2.20. The smallest absolute Gasteiger partial charge is 0.0513 e. The van der Waals surface area contributed by atoms with Crippen LogP contribution in [0.25, 0.3) is 10.9 Å². The van der Waals surface area contributed by atoms with E-state index in [1.54, 1.807) is 0 Å². The predicted octanol–water partition coefficient (Wildman–Crippen LogP) is 2.82. The van der Waals surface area contributed by atoms with E-state index >= 15 is 0 Å². The monoisotopic (exact) mass is 214 g/mol. The first-order valence-electron chi connectivity index (χ1n) is 5.91. The van der Waals surface area contributed by atoms with Crippen LogP contribution in [0.2, 0.25) is 0 Å². The van der Waals surface area contributed by atoms with Gasteiger partial charge in [0.2, 0.25) is 0 Å². The second-order valence-corrected chi connectivity index (χ2v) is 5.07. The van der Waals surface area contributed by atoms with E-state index in [2.05, 4.69) is 60.9 Å². The van der Waals surface area contributed by atoms with Gasteiger partial charge in [0.05, 0.1) is 11.6 Å². The lowest BCUT2D eigenvalue weighted by Gasteiger charge is -2.11. The minimum Gasteiger partial charge on any atom is -0.343 e. The van der Waals surface area contributed by atoms with Crippen LogP contribution in [0, 0.1) is 6.92 Å². The molecule has 0 N–H and O–H groups in total. The summed E-state index contributed by atoms with van der Waals surface area (Å²) in [5.74, 6) is 0. The van der Waals surface area contributed by atoms with E-state index in [1.807, 2.05) is 0 Å². The minimum atomic E-state index is 0.675. The van der Waals surface area contributed by atoms with Gasteiger partial charge < -0.3 is 9.47 Å². The van der Waals surface area contributed by atoms with Gasteiger partial charge in [-0.05, 0) is 44.5 Å². The van der Waals surface area contributed by atoms with Crippen LogP contribution in [0.15, 0.2) is 30.5 Å². The maximum absolute atomic E-state index is 2.45. The van der Waals surface area contributed by atoms with E-state index in [1.165, 1.54) is 22.9 Å². The van der Waals surface area contributed by atoms with Crippen LogP contribution in [0.4, 0.5) is 0 Å². The zero-order valence-corrected chi connectivity index (χ0v) is 10.1. The number of hydrogen-bond donors (Lipinski definition) is 0. The fraction of sp³-hybridized carbons (Fsp3) is 0.429. The fourth-order valence-electron chi connectivity index (χ4n) is 2.70. The SMILES string of the molecule is Cc1cccc2ccn(C3CC3N(C)C)c12. The average molecular weight is 214 g/mol. The highest BCUT2D eigenvalue weighted by molar-refractivity contribution is 5.83. The molecule has 1 fully saturated rings. The first kappa shape index (κ1) is 9.91. The Kier molecular flexibility index (Phi) is 2.08. The Morgan fingerprint density at radius 2 is 2.06 bits per heavy atom. The third kappa shape index (κ3) is 1.37. The lowest BCUT2D eigenvalue weighted by Crippen LogP contribution is -2.17. The zero-order valence-electron chi connectivity index (χ0n) is 10.1. The third-order valence-electron chi connectivity index (χ3n) is 3.69. The van der Waals surface area contributed by atoms with Gasteiger partial charge in [-0.2, -0.15) is 0 Å². The second kappa shape index (κ2) is 3.36. The molecule has 0 bridgehead atoms. The molecule has 2 nitrogen and oxygen atoms in total. The van der Waals surface area contributed by atoms with Gasteiger partial charge in [0.1, 0.15) is 0 Å². The van der Waals surface area contributed by atoms with Crippen molar-refractivity contribution in [1.82, 2.24) is 9.47 Å². The Morgan fingerprint density at radius 3 is 2.75 bits per heavy atom. The van der Waals surface area contributed by atoms with Crippen LogP contribution in [-0.2, 0) is 0 Å². The van der Waals surface area contributed by atoms with Crippen LogP contribution < -0.4 is 0 Å². The van der Waals surface area contributed by atoms with Gasteiger partial charge in [-0.15, -0.1) is 0 Å². The molecule has 0 radical (unpaired) electrons. The van der Waals surface area contributed by atoms with E-state index in [4.69, 9.17) is 0 Å². The summed E-state index contributed by atoms with van der Waals surface area (Å²) in [4.78, 5) is 2.33. The molecule has 1 aromatic heterocycles. The molecule has 2 heteroatoms. The molecule has 2 atom stereocenters. The van der Waals surface area contributed by atoms with E-state index in [9.17, 15) is 0 Å². The maximum Gasteiger partial charge on any atom is 0.0513 e. The Morgan fingerprint density at radius 1 is 1.25 bits per heavy atom. The van der Waals surface area contributed by atoms with Crippen molar-refractivity contribution in [2.75, 3.05) is 14.1 Å². The Balaban J connectivity index is 2.06. The summed E-state index contributed by atoms with van der Waals surface area (Å²) >= 11 is 0. The lowest BCUT2D eigenvalue weighted by atomic mass is 10.2. The van der Waals surface area contributed by atoms with Gasteiger partial charge in [0.25, 0.3) is 0 Å². The molecule has 2 aromatic rings. The summed E-state index contributed by atoms with van der Waals surface area (Å²) < 4.78 is 2.45. The molecule has 3 rings (SSSR count). The van der Waals surface area contributed by atoms with Crippen molar-refractivity contribution in [1.29, 1.82) is 0 Å². The number of aryl methyl sites for hydroxylation is 1. The molecule has 1 aliphatic rings. The van der Waals surface area contributed by atoms with Crippen molar-refractivity contribution in [2.45, 2.75) is 25.4 Å². The molecule has 1 heterocycles. The summed E-state index contributed by atoms with van der Waals surface area (Å²) in [6.07, 6.45) is 3.52. The van der Waals surface area contributed by atoms with Gasteiger partial charge in [-0.25, -0.2) is 0 Å². The summed E-state index contributed by atoms with van der Waals surface area (Å²) in [5.41, 5.74) is 2.80. The Hall–Kier alpha value is -1.28. The van der Waals surface area contributed by atoms with Crippen molar-refractivity contribution < 1.29 is 0 Å². The van der Waals surface area contributed by atoms with E-state index < -0.39 is 0 Å². The molecule has 16 heavy (non-hydrogen) atoms. The molecule has 1 saturated carbocycles. The molecular weight excluding hydrogens is 196 g/mol. The normalized spacial score (nSPS) is 24.2. The van der Waals surface area contributed by atoms with Crippen molar-refractivity contribution in [2.24, 2.45) is 0 Å². The standard InChI is InChI=1S/C14H18N2/c1-10-5-4-6-11-7-8-16(14(10)11)13-9-12(13)15(2)3/h4-8,12-13H,9H2,1-3H3. The molecule has 0 spiro atoms. The first-order chi connectivity index (χ1) is 7.68. The molecular formula is C14H18N2. The molecule has 0 aliphatic heterocycles. The lowest BCUT2D eigenvalue weighted by molar-refractivity contribution is 0.377. The number of benzene rings is 1. The van der Waals surface area contributed by atoms with Crippen LogP contribution in [0.3, 0.4) is 0 Å². The highest BCUT2D eigenvalue weighted by Gasteiger charge is 2.40. The number of fused-ring (bicyclic) bond motifs is 1. The molecule has 1 aliphatic carbocycles. The number of hydrogen-bond acceptors (Lipinski definition) is 1. The summed E-state index contributed by atoms with van der Waals surface area (Å²) in [6, 6.07) is 10.2. The summed E-state index contributed by atoms with van der Waals surface area (Å²) in [5, 5.41) is 1.37. The molecule has 84 valence electrons. The summed E-state index contributed by atoms with van der Waals surface area (Å²) in [7, 11) is 4.34. The van der Waals surface area contributed by atoms with Crippen LogP contribution in [-0.4, -0.2) is 29.6 Å². The van der Waals surface area contributed by atoms with Crippen molar-refractivity contribution in [3.63, 3.8) is 0 Å². The second-order valence-electron chi connectivity index (χ2n) is 5.07. The molecule has 0 saturated heterocycles. The first-order valence-corrected chi connectivity index (χ1v) is 5.91. The zero-order chi connectivity index (χ0) is 11.3. The largest absolute Gasteiger partial charge is 0.343 e. The van der Waals surface area contributed by atoms with Gasteiger partial charge in [-0.1, -0.05) is 18.2 Å². The molecule has 2 unspecified atom stereocenters. The third-order valence-corrected chi connectivity index (χ3v) is 3.69. The Labute approximate surface area is 96.5 Å². The van der Waals surface area contributed by atoms with E-state index in [0.29, 0.717) is 6.04 Å². The van der Waals surface area contributed by atoms with Crippen molar-refractivity contribution in [3.05, 3.63) is 36.0 Å². The number of para-hydroxylation sites is 1. The number of likely N-dealkylation sites (N-methyl/N-ethyl adjacent to an activating group) is 1. The topological polar surface area (TPSA) is 8.17 Å². The quantitative estimate of drug-likeness (QED) is 0.746.